The van der Waals surface area contributed by atoms with Crippen molar-refractivity contribution in [2.24, 2.45) is 5.92 Å². The van der Waals surface area contributed by atoms with Crippen molar-refractivity contribution >= 4 is 10.8 Å². The summed E-state index contributed by atoms with van der Waals surface area (Å²) in [6.45, 7) is 4.12. The number of rotatable bonds is 3. The van der Waals surface area contributed by atoms with Crippen LogP contribution in [0.25, 0.3) is 0 Å². The first-order valence-electron chi connectivity index (χ1n) is 4.58. The fraction of sp³-hybridized carbons (Fsp3) is 0.250. The SMILES string of the molecule is CC(C)C=C=CS(=O)c1ccccc1. The third-order valence-electron chi connectivity index (χ3n) is 1.58. The molecule has 14 heavy (non-hydrogen) atoms. The van der Waals surface area contributed by atoms with Crippen molar-refractivity contribution in [1.82, 2.24) is 0 Å². The van der Waals surface area contributed by atoms with Gasteiger partial charge in [0, 0.05) is 10.3 Å². The fourth-order valence-electron chi connectivity index (χ4n) is 0.916. The summed E-state index contributed by atoms with van der Waals surface area (Å²) in [6, 6.07) is 9.38. The third kappa shape index (κ3) is 3.73. The molecule has 0 saturated heterocycles. The molecule has 0 aliphatic rings. The van der Waals surface area contributed by atoms with E-state index in [2.05, 4.69) is 19.6 Å². The Bertz CT molecular complexity index is 359. The molecule has 0 fully saturated rings. The molecule has 0 aromatic heterocycles. The molecule has 0 radical (unpaired) electrons. The topological polar surface area (TPSA) is 17.1 Å². The van der Waals surface area contributed by atoms with Gasteiger partial charge < -0.3 is 0 Å². The van der Waals surface area contributed by atoms with Crippen LogP contribution in [0.15, 0.2) is 52.4 Å². The zero-order valence-electron chi connectivity index (χ0n) is 8.44. The molecule has 0 bridgehead atoms. The zero-order valence-corrected chi connectivity index (χ0v) is 9.25. The molecule has 1 nitrogen and oxygen atoms in total. The second-order valence-corrected chi connectivity index (χ2v) is 4.61. The van der Waals surface area contributed by atoms with E-state index in [1.807, 2.05) is 36.4 Å². The minimum Gasteiger partial charge on any atom is -0.249 e. The van der Waals surface area contributed by atoms with E-state index in [1.165, 1.54) is 0 Å². The Hall–Kier alpha value is -1.11. The molecule has 0 amide bonds. The number of benzene rings is 1. The maximum atomic E-state index is 11.6. The van der Waals surface area contributed by atoms with Gasteiger partial charge >= 0.3 is 0 Å². The van der Waals surface area contributed by atoms with Gasteiger partial charge in [0.2, 0.25) is 0 Å². The first kappa shape index (κ1) is 11.0. The van der Waals surface area contributed by atoms with Crippen molar-refractivity contribution in [3.8, 4) is 0 Å². The maximum absolute atomic E-state index is 11.6. The summed E-state index contributed by atoms with van der Waals surface area (Å²) in [4.78, 5) is 0.817. The Kier molecular flexibility index (Phi) is 4.37. The van der Waals surface area contributed by atoms with Crippen molar-refractivity contribution in [2.75, 3.05) is 0 Å². The molecule has 1 atom stereocenters. The van der Waals surface area contributed by atoms with Crippen LogP contribution in [-0.4, -0.2) is 4.21 Å². The van der Waals surface area contributed by atoms with Crippen LogP contribution in [0.4, 0.5) is 0 Å². The van der Waals surface area contributed by atoms with Crippen molar-refractivity contribution in [2.45, 2.75) is 18.7 Å². The van der Waals surface area contributed by atoms with Gasteiger partial charge in [-0.25, -0.2) is 4.21 Å². The van der Waals surface area contributed by atoms with Crippen LogP contribution in [0, 0.1) is 5.92 Å². The van der Waals surface area contributed by atoms with Gasteiger partial charge in [-0.1, -0.05) is 32.0 Å². The van der Waals surface area contributed by atoms with E-state index in [9.17, 15) is 4.21 Å². The van der Waals surface area contributed by atoms with E-state index in [0.717, 1.165) is 4.90 Å². The Morgan fingerprint density at radius 3 is 2.50 bits per heavy atom. The van der Waals surface area contributed by atoms with Crippen molar-refractivity contribution in [3.63, 3.8) is 0 Å². The summed E-state index contributed by atoms with van der Waals surface area (Å²) in [7, 11) is -1.07. The number of allylic oxidation sites excluding steroid dienone is 1. The summed E-state index contributed by atoms with van der Waals surface area (Å²) in [5.74, 6) is 0.444. The minimum absolute atomic E-state index is 0.444. The largest absolute Gasteiger partial charge is 0.249 e. The van der Waals surface area contributed by atoms with Gasteiger partial charge in [0.25, 0.3) is 0 Å². The van der Waals surface area contributed by atoms with Crippen LogP contribution < -0.4 is 0 Å². The highest BCUT2D eigenvalue weighted by Gasteiger charge is 1.95. The Morgan fingerprint density at radius 1 is 1.29 bits per heavy atom. The van der Waals surface area contributed by atoms with Gasteiger partial charge in [0.1, 0.15) is 0 Å². The monoisotopic (exact) mass is 206 g/mol. The van der Waals surface area contributed by atoms with E-state index in [1.54, 1.807) is 5.41 Å². The summed E-state index contributed by atoms with van der Waals surface area (Å²) < 4.78 is 11.6. The van der Waals surface area contributed by atoms with E-state index in [0.29, 0.717) is 5.92 Å². The standard InChI is InChI=1S/C12H14OS/c1-11(2)7-6-10-14(13)12-8-4-3-5-9-12/h3-5,7-11H,1-2H3. The smallest absolute Gasteiger partial charge is 0.0854 e. The molecule has 2 heteroatoms. The Labute approximate surface area is 87.6 Å². The molecule has 0 heterocycles. The molecule has 0 spiro atoms. The molecule has 1 aromatic rings. The average Bonchev–Trinajstić information content (AvgIpc) is 2.18. The quantitative estimate of drug-likeness (QED) is 0.694. The van der Waals surface area contributed by atoms with Crippen molar-refractivity contribution in [3.05, 3.63) is 47.5 Å². The van der Waals surface area contributed by atoms with Gasteiger partial charge in [-0.05, 0) is 24.1 Å². The van der Waals surface area contributed by atoms with Gasteiger partial charge in [0.15, 0.2) is 0 Å². The Morgan fingerprint density at radius 2 is 1.93 bits per heavy atom. The summed E-state index contributed by atoms with van der Waals surface area (Å²) in [6.07, 6.45) is 1.90. The van der Waals surface area contributed by atoms with Crippen LogP contribution in [0.3, 0.4) is 0 Å². The van der Waals surface area contributed by atoms with Crippen LogP contribution in [0.5, 0.6) is 0 Å². The Balaban J connectivity index is 2.74. The van der Waals surface area contributed by atoms with Crippen molar-refractivity contribution in [1.29, 1.82) is 0 Å². The fourth-order valence-corrected chi connectivity index (χ4v) is 1.68. The van der Waals surface area contributed by atoms with Gasteiger partial charge in [-0.2, -0.15) is 0 Å². The predicted octanol–water partition coefficient (Wildman–Crippen LogP) is 3.12. The van der Waals surface area contributed by atoms with Gasteiger partial charge in [-0.3, -0.25) is 0 Å². The van der Waals surface area contributed by atoms with Crippen LogP contribution in [0.2, 0.25) is 0 Å². The number of hydrogen-bond acceptors (Lipinski definition) is 1. The predicted molar refractivity (Wildman–Crippen MR) is 60.3 cm³/mol. The molecular formula is C12H14OS. The minimum atomic E-state index is -1.07. The van der Waals surface area contributed by atoms with Crippen LogP contribution >= 0.6 is 0 Å². The lowest BCUT2D eigenvalue weighted by Crippen LogP contribution is -1.83. The summed E-state index contributed by atoms with van der Waals surface area (Å²) in [5.41, 5.74) is 2.93. The molecule has 0 saturated carbocycles. The molecule has 1 rings (SSSR count). The highest BCUT2D eigenvalue weighted by Crippen LogP contribution is 2.05. The first-order valence-corrected chi connectivity index (χ1v) is 5.80. The van der Waals surface area contributed by atoms with E-state index >= 15 is 0 Å². The van der Waals surface area contributed by atoms with Crippen LogP contribution in [0.1, 0.15) is 13.8 Å². The van der Waals surface area contributed by atoms with E-state index in [4.69, 9.17) is 0 Å². The van der Waals surface area contributed by atoms with E-state index in [-0.39, 0.29) is 0 Å². The second-order valence-electron chi connectivity index (χ2n) is 3.31. The normalized spacial score (nSPS) is 11.9. The third-order valence-corrected chi connectivity index (χ3v) is 2.67. The lowest BCUT2D eigenvalue weighted by Gasteiger charge is -1.93. The first-order chi connectivity index (χ1) is 6.70. The molecule has 1 aromatic carbocycles. The molecular weight excluding hydrogens is 192 g/mol. The highest BCUT2D eigenvalue weighted by atomic mass is 32.2. The van der Waals surface area contributed by atoms with Crippen molar-refractivity contribution < 1.29 is 4.21 Å². The van der Waals surface area contributed by atoms with Crippen LogP contribution in [-0.2, 0) is 10.8 Å². The van der Waals surface area contributed by atoms with Gasteiger partial charge in [0.05, 0.1) is 10.8 Å². The average molecular weight is 206 g/mol. The zero-order chi connectivity index (χ0) is 10.4. The maximum Gasteiger partial charge on any atom is 0.0854 e. The lowest BCUT2D eigenvalue weighted by molar-refractivity contribution is 0.688. The number of hydrogen-bond donors (Lipinski definition) is 0. The second kappa shape index (κ2) is 5.58. The molecule has 1 unspecified atom stereocenters. The van der Waals surface area contributed by atoms with E-state index < -0.39 is 10.8 Å². The molecule has 0 N–H and O–H groups in total. The molecule has 0 aliphatic carbocycles. The lowest BCUT2D eigenvalue weighted by atomic mass is 10.2. The highest BCUT2D eigenvalue weighted by molar-refractivity contribution is 7.88. The molecule has 74 valence electrons. The van der Waals surface area contributed by atoms with Gasteiger partial charge in [-0.15, -0.1) is 5.73 Å². The summed E-state index contributed by atoms with van der Waals surface area (Å²) in [5, 5.41) is 1.59. The molecule has 0 aliphatic heterocycles. The summed E-state index contributed by atoms with van der Waals surface area (Å²) >= 11 is 0.